The second-order valence-electron chi connectivity index (χ2n) is 3.66. The van der Waals surface area contributed by atoms with Gasteiger partial charge in [0.15, 0.2) is 0 Å². The van der Waals surface area contributed by atoms with Crippen molar-refractivity contribution in [2.24, 2.45) is 0 Å². The highest BCUT2D eigenvalue weighted by Gasteiger charge is 2.30. The number of carbonyl (C=O) groups is 2. The van der Waals surface area contributed by atoms with Gasteiger partial charge in [-0.05, 0) is 19.1 Å². The second kappa shape index (κ2) is 3.80. The molecule has 0 radical (unpaired) electrons. The van der Waals surface area contributed by atoms with E-state index in [1.165, 1.54) is 0 Å². The highest BCUT2D eigenvalue weighted by Crippen LogP contribution is 2.18. The Kier molecular flexibility index (Phi) is 2.47. The Hall–Kier alpha value is -2.11. The number of hydrogen-bond acceptors (Lipinski definition) is 5. The summed E-state index contributed by atoms with van der Waals surface area (Å²) in [6.07, 6.45) is 1.55. The van der Waals surface area contributed by atoms with Crippen molar-refractivity contribution in [3.8, 4) is 0 Å². The lowest BCUT2D eigenvalue weighted by atomic mass is 10.2. The van der Waals surface area contributed by atoms with Crippen molar-refractivity contribution >= 4 is 23.3 Å². The van der Waals surface area contributed by atoms with Gasteiger partial charge in [0.1, 0.15) is 11.9 Å². The van der Waals surface area contributed by atoms with Crippen LogP contribution in [0.4, 0.5) is 11.5 Å². The Bertz CT molecular complexity index is 429. The Morgan fingerprint density at radius 1 is 1.50 bits per heavy atom. The SMILES string of the molecule is CC1C(=O)NC(=O)CN1c1ccc(N)nc1. The third-order valence-corrected chi connectivity index (χ3v) is 2.53. The van der Waals surface area contributed by atoms with E-state index in [0.717, 1.165) is 0 Å². The largest absolute Gasteiger partial charge is 0.384 e. The van der Waals surface area contributed by atoms with E-state index in [9.17, 15) is 9.59 Å². The number of rotatable bonds is 1. The summed E-state index contributed by atoms with van der Waals surface area (Å²) < 4.78 is 0. The quantitative estimate of drug-likeness (QED) is 0.624. The molecular formula is C10H12N4O2. The number of hydrogen-bond donors (Lipinski definition) is 2. The molecular weight excluding hydrogens is 208 g/mol. The first-order chi connectivity index (χ1) is 7.58. The monoisotopic (exact) mass is 220 g/mol. The maximum Gasteiger partial charge on any atom is 0.249 e. The minimum absolute atomic E-state index is 0.151. The van der Waals surface area contributed by atoms with Crippen molar-refractivity contribution in [3.05, 3.63) is 18.3 Å². The molecule has 1 aromatic heterocycles. The molecule has 1 aliphatic heterocycles. The summed E-state index contributed by atoms with van der Waals surface area (Å²) in [7, 11) is 0. The Balaban J connectivity index is 2.28. The number of piperazine rings is 1. The van der Waals surface area contributed by atoms with Gasteiger partial charge in [-0.2, -0.15) is 0 Å². The summed E-state index contributed by atoms with van der Waals surface area (Å²) in [5, 5.41) is 2.28. The van der Waals surface area contributed by atoms with Crippen LogP contribution in [-0.2, 0) is 9.59 Å². The van der Waals surface area contributed by atoms with Crippen LogP contribution in [0.3, 0.4) is 0 Å². The van der Waals surface area contributed by atoms with Crippen molar-refractivity contribution in [2.75, 3.05) is 17.2 Å². The van der Waals surface area contributed by atoms with Crippen LogP contribution in [0.1, 0.15) is 6.92 Å². The van der Waals surface area contributed by atoms with E-state index in [1.54, 1.807) is 30.2 Å². The molecule has 84 valence electrons. The molecule has 2 amide bonds. The van der Waals surface area contributed by atoms with Crippen LogP contribution in [0.25, 0.3) is 0 Å². The first kappa shape index (κ1) is 10.4. The molecule has 1 aromatic rings. The Labute approximate surface area is 92.4 Å². The summed E-state index contributed by atoms with van der Waals surface area (Å²) in [6, 6.07) is 2.99. The van der Waals surface area contributed by atoms with Gasteiger partial charge in [-0.15, -0.1) is 0 Å². The van der Waals surface area contributed by atoms with Gasteiger partial charge >= 0.3 is 0 Å². The van der Waals surface area contributed by atoms with Gasteiger partial charge in [-0.25, -0.2) is 4.98 Å². The highest BCUT2D eigenvalue weighted by atomic mass is 16.2. The fraction of sp³-hybridized carbons (Fsp3) is 0.300. The molecule has 6 heteroatoms. The topological polar surface area (TPSA) is 88.3 Å². The molecule has 0 aliphatic carbocycles. The second-order valence-corrected chi connectivity index (χ2v) is 3.66. The molecule has 6 nitrogen and oxygen atoms in total. The number of nitrogens with two attached hydrogens (primary N) is 1. The first-order valence-electron chi connectivity index (χ1n) is 4.90. The number of nitrogens with zero attached hydrogens (tertiary/aromatic N) is 2. The molecule has 1 fully saturated rings. The molecule has 16 heavy (non-hydrogen) atoms. The van der Waals surface area contributed by atoms with Gasteiger partial charge in [-0.1, -0.05) is 0 Å². The molecule has 1 atom stereocenters. The number of anilines is 2. The first-order valence-corrected chi connectivity index (χ1v) is 4.90. The number of imide groups is 1. The summed E-state index contributed by atoms with van der Waals surface area (Å²) in [6.45, 7) is 1.89. The summed E-state index contributed by atoms with van der Waals surface area (Å²) >= 11 is 0. The standard InChI is InChI=1S/C10H12N4O2/c1-6-10(16)13-9(15)5-14(6)7-2-3-8(11)12-4-7/h2-4,6H,5H2,1H3,(H2,11,12)(H,13,15,16). The summed E-state index contributed by atoms with van der Waals surface area (Å²) in [5.41, 5.74) is 6.18. The number of carbonyl (C=O) groups excluding carboxylic acids is 2. The molecule has 1 aliphatic rings. The Morgan fingerprint density at radius 3 is 2.88 bits per heavy atom. The number of pyridine rings is 1. The van der Waals surface area contributed by atoms with Crippen LogP contribution in [0.15, 0.2) is 18.3 Å². The smallest absolute Gasteiger partial charge is 0.249 e. The van der Waals surface area contributed by atoms with Crippen molar-refractivity contribution in [1.82, 2.24) is 10.3 Å². The lowest BCUT2D eigenvalue weighted by molar-refractivity contribution is -0.132. The van der Waals surface area contributed by atoms with E-state index in [-0.39, 0.29) is 24.4 Å². The molecule has 2 heterocycles. The predicted molar refractivity (Wildman–Crippen MR) is 58.6 cm³/mol. The van der Waals surface area contributed by atoms with Gasteiger partial charge in [0.2, 0.25) is 11.8 Å². The van der Waals surface area contributed by atoms with Crippen molar-refractivity contribution < 1.29 is 9.59 Å². The van der Waals surface area contributed by atoms with Crippen LogP contribution in [0.2, 0.25) is 0 Å². The van der Waals surface area contributed by atoms with Crippen LogP contribution in [0, 0.1) is 0 Å². The van der Waals surface area contributed by atoms with Gasteiger partial charge in [0.25, 0.3) is 0 Å². The number of aromatic nitrogens is 1. The summed E-state index contributed by atoms with van der Waals surface area (Å²) in [4.78, 5) is 28.3. The van der Waals surface area contributed by atoms with Gasteiger partial charge in [0, 0.05) is 0 Å². The predicted octanol–water partition coefficient (Wildman–Crippen LogP) is -0.485. The molecule has 0 spiro atoms. The maximum atomic E-state index is 11.4. The average Bonchev–Trinajstić information content (AvgIpc) is 2.25. The third-order valence-electron chi connectivity index (χ3n) is 2.53. The van der Waals surface area contributed by atoms with Crippen LogP contribution in [0.5, 0.6) is 0 Å². The zero-order chi connectivity index (χ0) is 11.7. The molecule has 1 unspecified atom stereocenters. The molecule has 0 bridgehead atoms. The fourth-order valence-corrected chi connectivity index (χ4v) is 1.60. The molecule has 1 saturated heterocycles. The van der Waals surface area contributed by atoms with Gasteiger partial charge in [0.05, 0.1) is 18.4 Å². The van der Waals surface area contributed by atoms with Crippen molar-refractivity contribution in [2.45, 2.75) is 13.0 Å². The molecule has 3 N–H and O–H groups in total. The fourth-order valence-electron chi connectivity index (χ4n) is 1.60. The third kappa shape index (κ3) is 1.81. The summed E-state index contributed by atoms with van der Waals surface area (Å²) in [5.74, 6) is -0.197. The Morgan fingerprint density at radius 2 is 2.25 bits per heavy atom. The van der Waals surface area contributed by atoms with Crippen LogP contribution in [-0.4, -0.2) is 29.4 Å². The maximum absolute atomic E-state index is 11.4. The van der Waals surface area contributed by atoms with Crippen molar-refractivity contribution in [1.29, 1.82) is 0 Å². The van der Waals surface area contributed by atoms with E-state index in [0.29, 0.717) is 11.5 Å². The zero-order valence-corrected chi connectivity index (χ0v) is 8.80. The van der Waals surface area contributed by atoms with Gasteiger partial charge in [-0.3, -0.25) is 14.9 Å². The molecule has 2 rings (SSSR count). The number of amides is 2. The van der Waals surface area contributed by atoms with E-state index in [4.69, 9.17) is 5.73 Å². The lowest BCUT2D eigenvalue weighted by Crippen LogP contribution is -2.57. The van der Waals surface area contributed by atoms with Crippen LogP contribution >= 0.6 is 0 Å². The molecule has 0 aromatic carbocycles. The van der Waals surface area contributed by atoms with E-state index >= 15 is 0 Å². The minimum Gasteiger partial charge on any atom is -0.384 e. The highest BCUT2D eigenvalue weighted by molar-refractivity contribution is 6.04. The van der Waals surface area contributed by atoms with E-state index < -0.39 is 0 Å². The number of nitrogen functional groups attached to an aromatic ring is 1. The zero-order valence-electron chi connectivity index (χ0n) is 8.80. The lowest BCUT2D eigenvalue weighted by Gasteiger charge is -2.33. The van der Waals surface area contributed by atoms with Crippen molar-refractivity contribution in [3.63, 3.8) is 0 Å². The van der Waals surface area contributed by atoms with E-state index in [1.807, 2.05) is 0 Å². The normalized spacial score (nSPS) is 20.8. The average molecular weight is 220 g/mol. The van der Waals surface area contributed by atoms with Gasteiger partial charge < -0.3 is 10.6 Å². The van der Waals surface area contributed by atoms with Crippen LogP contribution < -0.4 is 16.0 Å². The van der Waals surface area contributed by atoms with E-state index in [2.05, 4.69) is 10.3 Å². The molecule has 0 saturated carbocycles. The minimum atomic E-state index is -0.386. The number of nitrogens with one attached hydrogen (secondary N) is 1.